The lowest BCUT2D eigenvalue weighted by Crippen LogP contribution is -2.02. The Hall–Kier alpha value is -2.61. The second-order valence-corrected chi connectivity index (χ2v) is 4.88. The Labute approximate surface area is 124 Å². The number of hydrogen-bond donors (Lipinski definition) is 0. The predicted molar refractivity (Wildman–Crippen MR) is 83.4 cm³/mol. The molecule has 2 aromatic carbocycles. The third kappa shape index (κ3) is 2.65. The van der Waals surface area contributed by atoms with E-state index in [2.05, 4.69) is 12.1 Å². The van der Waals surface area contributed by atoms with Gasteiger partial charge in [-0.3, -0.25) is 4.79 Å². The smallest absolute Gasteiger partial charge is 0.196 e. The molecule has 0 aliphatic heterocycles. The van der Waals surface area contributed by atoms with Gasteiger partial charge in [0.2, 0.25) is 0 Å². The molecular formula is C19H16O2. The van der Waals surface area contributed by atoms with Gasteiger partial charge in [0.25, 0.3) is 0 Å². The highest BCUT2D eigenvalue weighted by atomic mass is 16.3. The largest absolute Gasteiger partial charge is 0.469 e. The maximum atomic E-state index is 12.5. The Morgan fingerprint density at radius 1 is 0.905 bits per heavy atom. The standard InChI is InChI=1S/C19H16O2/c1-2-18-17(12-13-21-18)19(20)16-10-8-15(9-11-16)14-6-4-3-5-7-14/h3-13H,2H2,1H3. The van der Waals surface area contributed by atoms with Gasteiger partial charge >= 0.3 is 0 Å². The Morgan fingerprint density at radius 2 is 1.57 bits per heavy atom. The van der Waals surface area contributed by atoms with Crippen molar-refractivity contribution in [2.45, 2.75) is 13.3 Å². The number of aryl methyl sites for hydroxylation is 1. The number of furan rings is 1. The number of benzene rings is 2. The van der Waals surface area contributed by atoms with Crippen molar-refractivity contribution in [3.05, 3.63) is 83.8 Å². The van der Waals surface area contributed by atoms with Crippen LogP contribution in [0.1, 0.15) is 28.6 Å². The second kappa shape index (κ2) is 5.80. The quantitative estimate of drug-likeness (QED) is 0.644. The Balaban J connectivity index is 1.89. The molecule has 0 atom stereocenters. The fourth-order valence-corrected chi connectivity index (χ4v) is 2.42. The van der Waals surface area contributed by atoms with E-state index in [-0.39, 0.29) is 5.78 Å². The van der Waals surface area contributed by atoms with E-state index in [0.717, 1.165) is 23.3 Å². The number of carbonyl (C=O) groups excluding carboxylic acids is 1. The summed E-state index contributed by atoms with van der Waals surface area (Å²) in [7, 11) is 0. The van der Waals surface area contributed by atoms with Crippen LogP contribution in [0, 0.1) is 0 Å². The van der Waals surface area contributed by atoms with Gasteiger partial charge in [-0.05, 0) is 17.2 Å². The van der Waals surface area contributed by atoms with E-state index < -0.39 is 0 Å². The molecule has 104 valence electrons. The van der Waals surface area contributed by atoms with E-state index in [9.17, 15) is 4.79 Å². The molecule has 21 heavy (non-hydrogen) atoms. The third-order valence-electron chi connectivity index (χ3n) is 3.57. The normalized spacial score (nSPS) is 10.5. The average molecular weight is 276 g/mol. The highest BCUT2D eigenvalue weighted by Crippen LogP contribution is 2.21. The minimum absolute atomic E-state index is 0.0141. The van der Waals surface area contributed by atoms with Crippen LogP contribution in [0.25, 0.3) is 11.1 Å². The zero-order chi connectivity index (χ0) is 14.7. The van der Waals surface area contributed by atoms with Crippen molar-refractivity contribution < 1.29 is 9.21 Å². The second-order valence-electron chi connectivity index (χ2n) is 4.88. The van der Waals surface area contributed by atoms with E-state index >= 15 is 0 Å². The van der Waals surface area contributed by atoms with Crippen molar-refractivity contribution in [1.29, 1.82) is 0 Å². The molecule has 0 spiro atoms. The maximum Gasteiger partial charge on any atom is 0.196 e. The van der Waals surface area contributed by atoms with Crippen molar-refractivity contribution in [2.24, 2.45) is 0 Å². The van der Waals surface area contributed by atoms with Crippen LogP contribution in [0.3, 0.4) is 0 Å². The summed E-state index contributed by atoms with van der Waals surface area (Å²) < 4.78 is 5.33. The molecule has 1 heterocycles. The van der Waals surface area contributed by atoms with Crippen LogP contribution in [0.2, 0.25) is 0 Å². The van der Waals surface area contributed by atoms with Crippen LogP contribution in [-0.4, -0.2) is 5.78 Å². The van der Waals surface area contributed by atoms with Crippen LogP contribution in [0.15, 0.2) is 71.3 Å². The monoisotopic (exact) mass is 276 g/mol. The molecule has 0 aliphatic rings. The SMILES string of the molecule is CCc1occc1C(=O)c1ccc(-c2ccccc2)cc1. The zero-order valence-electron chi connectivity index (χ0n) is 11.9. The van der Waals surface area contributed by atoms with Gasteiger partial charge in [-0.2, -0.15) is 0 Å². The number of hydrogen-bond acceptors (Lipinski definition) is 2. The lowest BCUT2D eigenvalue weighted by Gasteiger charge is -2.04. The van der Waals surface area contributed by atoms with Gasteiger partial charge in [0.1, 0.15) is 5.76 Å². The van der Waals surface area contributed by atoms with Crippen molar-refractivity contribution in [3.8, 4) is 11.1 Å². The number of rotatable bonds is 4. The highest BCUT2D eigenvalue weighted by Gasteiger charge is 2.15. The Bertz CT molecular complexity index is 737. The lowest BCUT2D eigenvalue weighted by molar-refractivity contribution is 0.103. The van der Waals surface area contributed by atoms with Gasteiger partial charge < -0.3 is 4.42 Å². The van der Waals surface area contributed by atoms with Gasteiger partial charge in [0.15, 0.2) is 5.78 Å². The van der Waals surface area contributed by atoms with Gasteiger partial charge in [0.05, 0.1) is 11.8 Å². The fourth-order valence-electron chi connectivity index (χ4n) is 2.42. The molecule has 0 unspecified atom stereocenters. The van der Waals surface area contributed by atoms with E-state index in [1.807, 2.05) is 49.4 Å². The van der Waals surface area contributed by atoms with Gasteiger partial charge in [0, 0.05) is 12.0 Å². The first-order chi connectivity index (χ1) is 10.3. The summed E-state index contributed by atoms with van der Waals surface area (Å²) in [6.45, 7) is 1.98. The van der Waals surface area contributed by atoms with Crippen molar-refractivity contribution >= 4 is 5.78 Å². The molecule has 1 aromatic heterocycles. The summed E-state index contributed by atoms with van der Waals surface area (Å²) >= 11 is 0. The lowest BCUT2D eigenvalue weighted by atomic mass is 9.99. The molecule has 0 saturated carbocycles. The van der Waals surface area contributed by atoms with E-state index in [1.54, 1.807) is 12.3 Å². The molecule has 2 heteroatoms. The molecule has 0 N–H and O–H groups in total. The van der Waals surface area contributed by atoms with E-state index in [1.165, 1.54) is 0 Å². The first-order valence-electron chi connectivity index (χ1n) is 7.06. The molecule has 0 radical (unpaired) electrons. The van der Waals surface area contributed by atoms with Crippen LogP contribution in [0.5, 0.6) is 0 Å². The summed E-state index contributed by atoms with van der Waals surface area (Å²) in [5.74, 6) is 0.757. The first-order valence-corrected chi connectivity index (χ1v) is 7.06. The minimum atomic E-state index is 0.0141. The fraction of sp³-hybridized carbons (Fsp3) is 0.105. The van der Waals surface area contributed by atoms with Crippen molar-refractivity contribution in [3.63, 3.8) is 0 Å². The van der Waals surface area contributed by atoms with Crippen LogP contribution in [0.4, 0.5) is 0 Å². The van der Waals surface area contributed by atoms with Crippen LogP contribution in [-0.2, 0) is 6.42 Å². The average Bonchev–Trinajstić information content (AvgIpc) is 3.04. The maximum absolute atomic E-state index is 12.5. The van der Waals surface area contributed by atoms with Crippen molar-refractivity contribution in [1.82, 2.24) is 0 Å². The molecule has 2 nitrogen and oxygen atoms in total. The molecular weight excluding hydrogens is 260 g/mol. The number of ketones is 1. The van der Waals surface area contributed by atoms with Crippen LogP contribution >= 0.6 is 0 Å². The summed E-state index contributed by atoms with van der Waals surface area (Å²) in [6.07, 6.45) is 2.29. The zero-order valence-corrected chi connectivity index (χ0v) is 11.9. The van der Waals surface area contributed by atoms with Gasteiger partial charge in [-0.1, -0.05) is 61.5 Å². The van der Waals surface area contributed by atoms with E-state index in [4.69, 9.17) is 4.42 Å². The van der Waals surface area contributed by atoms with Gasteiger partial charge in [-0.15, -0.1) is 0 Å². The Morgan fingerprint density at radius 3 is 2.24 bits per heavy atom. The first kappa shape index (κ1) is 13.4. The molecule has 0 bridgehead atoms. The minimum Gasteiger partial charge on any atom is -0.469 e. The topological polar surface area (TPSA) is 30.2 Å². The molecule has 0 fully saturated rings. The van der Waals surface area contributed by atoms with Crippen LogP contribution < -0.4 is 0 Å². The van der Waals surface area contributed by atoms with E-state index in [0.29, 0.717) is 11.1 Å². The molecule has 0 saturated heterocycles. The predicted octanol–water partition coefficient (Wildman–Crippen LogP) is 4.74. The summed E-state index contributed by atoms with van der Waals surface area (Å²) in [5, 5.41) is 0. The summed E-state index contributed by atoms with van der Waals surface area (Å²) in [4.78, 5) is 12.5. The highest BCUT2D eigenvalue weighted by molar-refractivity contribution is 6.09. The Kier molecular flexibility index (Phi) is 3.69. The summed E-state index contributed by atoms with van der Waals surface area (Å²) in [5.41, 5.74) is 3.60. The van der Waals surface area contributed by atoms with Crippen molar-refractivity contribution in [2.75, 3.05) is 0 Å². The molecule has 3 rings (SSSR count). The summed E-state index contributed by atoms with van der Waals surface area (Å²) in [6, 6.07) is 19.6. The molecule has 0 aliphatic carbocycles. The van der Waals surface area contributed by atoms with Gasteiger partial charge in [-0.25, -0.2) is 0 Å². The third-order valence-corrected chi connectivity index (χ3v) is 3.57. The molecule has 0 amide bonds. The number of carbonyl (C=O) groups is 1. The molecule has 3 aromatic rings.